The van der Waals surface area contributed by atoms with Gasteiger partial charge in [0.2, 0.25) is 0 Å². The highest BCUT2D eigenvalue weighted by molar-refractivity contribution is 9.10. The fourth-order valence-electron chi connectivity index (χ4n) is 1.01. The Morgan fingerprint density at radius 3 is 2.85 bits per heavy atom. The Bertz CT molecular complexity index is 300. The van der Waals surface area contributed by atoms with E-state index in [0.717, 1.165) is 5.56 Å². The quantitative estimate of drug-likeness (QED) is 0.741. The minimum Gasteiger partial charge on any atom is -0.488 e. The van der Waals surface area contributed by atoms with Crippen LogP contribution in [0.5, 0.6) is 5.75 Å². The van der Waals surface area contributed by atoms with Gasteiger partial charge in [-0.05, 0) is 40.5 Å². The lowest BCUT2D eigenvalue weighted by Gasteiger charge is -2.09. The molecule has 70 valence electrons. The molecule has 0 aliphatic carbocycles. The number of benzene rings is 1. The van der Waals surface area contributed by atoms with Gasteiger partial charge in [-0.3, -0.25) is 0 Å². The summed E-state index contributed by atoms with van der Waals surface area (Å²) in [6.45, 7) is 5.76. The van der Waals surface area contributed by atoms with Crippen LogP contribution in [-0.4, -0.2) is 6.61 Å². The summed E-state index contributed by atoms with van der Waals surface area (Å²) in [5, 5.41) is 0. The fourth-order valence-corrected chi connectivity index (χ4v) is 1.66. The van der Waals surface area contributed by atoms with Gasteiger partial charge in [0.25, 0.3) is 0 Å². The molecule has 0 radical (unpaired) electrons. The molecule has 0 spiro atoms. The van der Waals surface area contributed by atoms with Crippen molar-refractivity contribution in [3.63, 3.8) is 0 Å². The number of aryl methyl sites for hydroxylation is 1. The number of rotatable bonds is 3. The van der Waals surface area contributed by atoms with E-state index in [2.05, 4.69) is 22.5 Å². The average molecular weight is 245 g/mol. The summed E-state index contributed by atoms with van der Waals surface area (Å²) < 4.78 is 18.8. The third-order valence-corrected chi connectivity index (χ3v) is 2.13. The zero-order chi connectivity index (χ0) is 9.84. The molecule has 3 heteroatoms. The highest BCUT2D eigenvalue weighted by Gasteiger charge is 2.06. The van der Waals surface area contributed by atoms with Gasteiger partial charge in [-0.2, -0.15) is 0 Å². The molecule has 0 saturated carbocycles. The van der Waals surface area contributed by atoms with Crippen LogP contribution in [0.15, 0.2) is 29.3 Å². The van der Waals surface area contributed by atoms with Crippen LogP contribution in [0, 0.1) is 12.7 Å². The Morgan fingerprint density at radius 1 is 1.62 bits per heavy atom. The van der Waals surface area contributed by atoms with Crippen LogP contribution in [0.3, 0.4) is 0 Å². The van der Waals surface area contributed by atoms with Crippen molar-refractivity contribution in [2.45, 2.75) is 6.92 Å². The summed E-state index contributed by atoms with van der Waals surface area (Å²) in [7, 11) is 0. The van der Waals surface area contributed by atoms with Crippen molar-refractivity contribution < 1.29 is 9.13 Å². The molecule has 0 bridgehead atoms. The van der Waals surface area contributed by atoms with Crippen LogP contribution < -0.4 is 4.74 Å². The average Bonchev–Trinajstić information content (AvgIpc) is 2.02. The zero-order valence-electron chi connectivity index (χ0n) is 7.31. The maximum absolute atomic E-state index is 12.8. The molecule has 0 heterocycles. The molecule has 0 N–H and O–H groups in total. The van der Waals surface area contributed by atoms with Crippen LogP contribution in [0.1, 0.15) is 5.56 Å². The van der Waals surface area contributed by atoms with E-state index in [1.54, 1.807) is 13.0 Å². The van der Waals surface area contributed by atoms with Crippen LogP contribution in [0.2, 0.25) is 0 Å². The lowest BCUT2D eigenvalue weighted by molar-refractivity contribution is 0.357. The van der Waals surface area contributed by atoms with Crippen molar-refractivity contribution in [3.8, 4) is 5.75 Å². The van der Waals surface area contributed by atoms with E-state index < -0.39 is 0 Å². The van der Waals surface area contributed by atoms with E-state index in [1.165, 1.54) is 12.1 Å². The van der Waals surface area contributed by atoms with E-state index in [9.17, 15) is 4.39 Å². The largest absolute Gasteiger partial charge is 0.488 e. The zero-order valence-corrected chi connectivity index (χ0v) is 8.90. The van der Waals surface area contributed by atoms with Crippen LogP contribution in [0.4, 0.5) is 4.39 Å². The standard InChI is InChI=1S/C10H10BrFO/c1-3-4-13-10-7(2)5-8(12)6-9(10)11/h3,5-6H,1,4H2,2H3. The lowest BCUT2D eigenvalue weighted by Crippen LogP contribution is -1.96. The highest BCUT2D eigenvalue weighted by Crippen LogP contribution is 2.29. The molecule has 1 nitrogen and oxygen atoms in total. The SMILES string of the molecule is C=CCOc1c(C)cc(F)cc1Br. The van der Waals surface area contributed by atoms with Crippen molar-refractivity contribution in [2.24, 2.45) is 0 Å². The first-order chi connectivity index (χ1) is 6.15. The molecular formula is C10H10BrFO. The Balaban J connectivity index is 2.98. The first kappa shape index (κ1) is 10.3. The van der Waals surface area contributed by atoms with Crippen molar-refractivity contribution >= 4 is 15.9 Å². The number of ether oxygens (including phenoxy) is 1. The Morgan fingerprint density at radius 2 is 2.31 bits per heavy atom. The number of hydrogen-bond donors (Lipinski definition) is 0. The molecule has 0 amide bonds. The molecule has 0 unspecified atom stereocenters. The molecule has 0 aliphatic rings. The minimum absolute atomic E-state index is 0.268. The van der Waals surface area contributed by atoms with Crippen molar-refractivity contribution in [3.05, 3.63) is 40.6 Å². The molecule has 13 heavy (non-hydrogen) atoms. The second kappa shape index (κ2) is 4.42. The Hall–Kier alpha value is -0.830. The van der Waals surface area contributed by atoms with Crippen LogP contribution >= 0.6 is 15.9 Å². The molecule has 1 aromatic carbocycles. The van der Waals surface area contributed by atoms with Gasteiger partial charge in [-0.15, -0.1) is 0 Å². The van der Waals surface area contributed by atoms with Gasteiger partial charge in [0.1, 0.15) is 18.2 Å². The second-order valence-corrected chi connectivity index (χ2v) is 3.49. The highest BCUT2D eigenvalue weighted by atomic mass is 79.9. The molecular weight excluding hydrogens is 235 g/mol. The molecule has 0 aromatic heterocycles. The van der Waals surface area contributed by atoms with E-state index in [-0.39, 0.29) is 5.82 Å². The summed E-state index contributed by atoms with van der Waals surface area (Å²) >= 11 is 3.23. The summed E-state index contributed by atoms with van der Waals surface area (Å²) in [5.41, 5.74) is 0.772. The van der Waals surface area contributed by atoms with Gasteiger partial charge in [0, 0.05) is 0 Å². The van der Waals surface area contributed by atoms with Gasteiger partial charge in [-0.1, -0.05) is 12.7 Å². The molecule has 0 fully saturated rings. The summed E-state index contributed by atoms with van der Waals surface area (Å²) in [6, 6.07) is 2.81. The molecule has 0 aliphatic heterocycles. The van der Waals surface area contributed by atoms with Gasteiger partial charge in [-0.25, -0.2) is 4.39 Å². The van der Waals surface area contributed by atoms with E-state index in [4.69, 9.17) is 4.74 Å². The smallest absolute Gasteiger partial charge is 0.137 e. The van der Waals surface area contributed by atoms with Gasteiger partial charge in [0.05, 0.1) is 4.47 Å². The fraction of sp³-hybridized carbons (Fsp3) is 0.200. The monoisotopic (exact) mass is 244 g/mol. The Kier molecular flexibility index (Phi) is 3.48. The second-order valence-electron chi connectivity index (χ2n) is 2.63. The van der Waals surface area contributed by atoms with Gasteiger partial charge < -0.3 is 4.74 Å². The molecule has 0 atom stereocenters. The molecule has 1 aromatic rings. The molecule has 1 rings (SSSR count). The maximum Gasteiger partial charge on any atom is 0.137 e. The lowest BCUT2D eigenvalue weighted by atomic mass is 10.2. The van der Waals surface area contributed by atoms with E-state index >= 15 is 0 Å². The van der Waals surface area contributed by atoms with Crippen molar-refractivity contribution in [1.29, 1.82) is 0 Å². The Labute approximate surface area is 85.3 Å². The van der Waals surface area contributed by atoms with Crippen molar-refractivity contribution in [2.75, 3.05) is 6.61 Å². The van der Waals surface area contributed by atoms with Gasteiger partial charge in [0.15, 0.2) is 0 Å². The number of halogens is 2. The number of hydrogen-bond acceptors (Lipinski definition) is 1. The first-order valence-electron chi connectivity index (χ1n) is 3.84. The summed E-state index contributed by atoms with van der Waals surface area (Å²) in [6.07, 6.45) is 1.65. The topological polar surface area (TPSA) is 9.23 Å². The molecule has 0 saturated heterocycles. The summed E-state index contributed by atoms with van der Waals surface area (Å²) in [5.74, 6) is 0.400. The van der Waals surface area contributed by atoms with Crippen LogP contribution in [-0.2, 0) is 0 Å². The minimum atomic E-state index is -0.268. The third kappa shape index (κ3) is 2.56. The van der Waals surface area contributed by atoms with Crippen molar-refractivity contribution in [1.82, 2.24) is 0 Å². The van der Waals surface area contributed by atoms with E-state index in [1.807, 2.05) is 0 Å². The third-order valence-electron chi connectivity index (χ3n) is 1.54. The first-order valence-corrected chi connectivity index (χ1v) is 4.63. The predicted octanol–water partition coefficient (Wildman–Crippen LogP) is 3.46. The van der Waals surface area contributed by atoms with Gasteiger partial charge >= 0.3 is 0 Å². The van der Waals surface area contributed by atoms with E-state index in [0.29, 0.717) is 16.8 Å². The van der Waals surface area contributed by atoms with Crippen LogP contribution in [0.25, 0.3) is 0 Å². The maximum atomic E-state index is 12.8. The predicted molar refractivity (Wildman–Crippen MR) is 54.5 cm³/mol. The normalized spacial score (nSPS) is 9.77. The summed E-state index contributed by atoms with van der Waals surface area (Å²) in [4.78, 5) is 0.